The Kier molecular flexibility index (Phi) is 3.70. The van der Waals surface area contributed by atoms with Crippen molar-refractivity contribution in [1.82, 2.24) is 0 Å². The maximum absolute atomic E-state index is 11.1. The molecule has 0 N–H and O–H groups in total. The van der Waals surface area contributed by atoms with Crippen LogP contribution in [0.4, 0.5) is 0 Å². The fourth-order valence-corrected chi connectivity index (χ4v) is 1.07. The minimum absolute atomic E-state index is 0.0734. The highest BCUT2D eigenvalue weighted by atomic mass is 32.2. The third-order valence-corrected chi connectivity index (χ3v) is 2.39. The van der Waals surface area contributed by atoms with Crippen LogP contribution in [0.2, 0.25) is 0 Å². The van der Waals surface area contributed by atoms with Gasteiger partial charge in [-0.3, -0.25) is 4.21 Å². The lowest BCUT2D eigenvalue weighted by molar-refractivity contribution is 0.0539. The van der Waals surface area contributed by atoms with Gasteiger partial charge in [0.15, 0.2) is 5.94 Å². The lowest BCUT2D eigenvalue weighted by Crippen LogP contribution is -2.10. The van der Waals surface area contributed by atoms with Crippen molar-refractivity contribution < 1.29 is 18.2 Å². The van der Waals surface area contributed by atoms with Crippen molar-refractivity contribution in [1.29, 1.82) is 0 Å². The molecule has 0 fully saturated rings. The lowest BCUT2D eigenvalue weighted by atomic mass is 10.5. The van der Waals surface area contributed by atoms with Crippen molar-refractivity contribution in [3.8, 4) is 0 Å². The van der Waals surface area contributed by atoms with Crippen molar-refractivity contribution in [2.75, 3.05) is 11.7 Å². The second-order valence-corrected chi connectivity index (χ2v) is 3.95. The number of hydrogen-bond donors (Lipinski definition) is 0. The molecule has 13 heavy (non-hydrogen) atoms. The van der Waals surface area contributed by atoms with Crippen LogP contribution in [0.15, 0.2) is 22.8 Å². The van der Waals surface area contributed by atoms with Crippen molar-refractivity contribution in [3.63, 3.8) is 0 Å². The summed E-state index contributed by atoms with van der Waals surface area (Å²) < 4.78 is 20.4. The van der Waals surface area contributed by atoms with Gasteiger partial charge in [0, 0.05) is 5.75 Å². The SMILES string of the molecule is CCS(=O)COC(=O)c1ccco1. The summed E-state index contributed by atoms with van der Waals surface area (Å²) in [5.41, 5.74) is 0. The zero-order valence-corrected chi connectivity index (χ0v) is 8.00. The predicted molar refractivity (Wildman–Crippen MR) is 47.7 cm³/mol. The molecule has 0 amide bonds. The van der Waals surface area contributed by atoms with Crippen molar-refractivity contribution >= 4 is 16.8 Å². The van der Waals surface area contributed by atoms with Gasteiger partial charge in [0.2, 0.25) is 5.76 Å². The molecule has 0 aliphatic heterocycles. The minimum atomic E-state index is -1.09. The summed E-state index contributed by atoms with van der Waals surface area (Å²) in [5, 5.41) is 0. The third kappa shape index (κ3) is 3.02. The first-order valence-electron chi connectivity index (χ1n) is 3.79. The zero-order valence-electron chi connectivity index (χ0n) is 7.19. The number of esters is 1. The lowest BCUT2D eigenvalue weighted by Gasteiger charge is -2.00. The molecule has 0 radical (unpaired) electrons. The third-order valence-electron chi connectivity index (χ3n) is 1.37. The van der Waals surface area contributed by atoms with Crippen LogP contribution < -0.4 is 0 Å². The van der Waals surface area contributed by atoms with Gasteiger partial charge >= 0.3 is 5.97 Å². The second kappa shape index (κ2) is 4.81. The van der Waals surface area contributed by atoms with Crippen LogP contribution in [0, 0.1) is 0 Å². The summed E-state index contributed by atoms with van der Waals surface area (Å²) in [4.78, 5) is 11.1. The van der Waals surface area contributed by atoms with Crippen molar-refractivity contribution in [3.05, 3.63) is 24.2 Å². The van der Waals surface area contributed by atoms with Gasteiger partial charge in [-0.15, -0.1) is 0 Å². The Labute approximate surface area is 78.3 Å². The Morgan fingerprint density at radius 1 is 1.69 bits per heavy atom. The predicted octanol–water partition coefficient (Wildman–Crippen LogP) is 1.16. The van der Waals surface area contributed by atoms with E-state index in [4.69, 9.17) is 9.15 Å². The molecule has 1 atom stereocenters. The highest BCUT2D eigenvalue weighted by Gasteiger charge is 2.10. The Bertz CT molecular complexity index is 291. The van der Waals surface area contributed by atoms with Gasteiger partial charge in [-0.05, 0) is 12.1 Å². The van der Waals surface area contributed by atoms with E-state index in [9.17, 15) is 9.00 Å². The van der Waals surface area contributed by atoms with Gasteiger partial charge in [-0.2, -0.15) is 0 Å². The number of carbonyl (C=O) groups is 1. The van der Waals surface area contributed by atoms with E-state index in [0.717, 1.165) is 0 Å². The molecule has 5 heteroatoms. The van der Waals surface area contributed by atoms with Crippen LogP contribution in [-0.4, -0.2) is 21.9 Å². The molecular formula is C8H10O4S. The second-order valence-electron chi connectivity index (χ2n) is 2.26. The molecule has 72 valence electrons. The van der Waals surface area contributed by atoms with E-state index in [-0.39, 0.29) is 11.7 Å². The van der Waals surface area contributed by atoms with E-state index in [1.165, 1.54) is 12.3 Å². The molecular weight excluding hydrogens is 192 g/mol. The Balaban J connectivity index is 2.39. The van der Waals surface area contributed by atoms with Crippen LogP contribution in [0.5, 0.6) is 0 Å². The molecule has 1 heterocycles. The molecule has 1 rings (SSSR count). The van der Waals surface area contributed by atoms with E-state index in [1.54, 1.807) is 13.0 Å². The topological polar surface area (TPSA) is 56.5 Å². The van der Waals surface area contributed by atoms with Gasteiger partial charge in [0.25, 0.3) is 0 Å². The summed E-state index contributed by atoms with van der Waals surface area (Å²) >= 11 is 0. The molecule has 0 saturated carbocycles. The van der Waals surface area contributed by atoms with Gasteiger partial charge in [-0.25, -0.2) is 4.79 Å². The monoisotopic (exact) mass is 202 g/mol. The van der Waals surface area contributed by atoms with E-state index >= 15 is 0 Å². The fourth-order valence-electron chi connectivity index (χ4n) is 0.668. The van der Waals surface area contributed by atoms with Gasteiger partial charge in [0.1, 0.15) is 0 Å². The van der Waals surface area contributed by atoms with Crippen molar-refractivity contribution in [2.24, 2.45) is 0 Å². The van der Waals surface area contributed by atoms with Crippen LogP contribution in [0.1, 0.15) is 17.5 Å². The van der Waals surface area contributed by atoms with Gasteiger partial charge in [-0.1, -0.05) is 6.92 Å². The maximum Gasteiger partial charge on any atom is 0.375 e. The Morgan fingerprint density at radius 2 is 2.46 bits per heavy atom. The first-order valence-corrected chi connectivity index (χ1v) is 5.28. The number of carbonyl (C=O) groups excluding carboxylic acids is 1. The van der Waals surface area contributed by atoms with E-state index in [0.29, 0.717) is 5.75 Å². The average Bonchev–Trinajstić information content (AvgIpc) is 2.66. The zero-order chi connectivity index (χ0) is 9.68. The van der Waals surface area contributed by atoms with Gasteiger partial charge < -0.3 is 9.15 Å². The molecule has 1 aromatic heterocycles. The summed E-state index contributed by atoms with van der Waals surface area (Å²) in [6.45, 7) is 1.76. The molecule has 0 aliphatic rings. The van der Waals surface area contributed by atoms with E-state index < -0.39 is 16.8 Å². The molecule has 1 unspecified atom stereocenters. The quantitative estimate of drug-likeness (QED) is 0.687. The summed E-state index contributed by atoms with van der Waals surface area (Å²) in [6.07, 6.45) is 1.38. The van der Waals surface area contributed by atoms with Crippen molar-refractivity contribution in [2.45, 2.75) is 6.92 Å². The number of hydrogen-bond acceptors (Lipinski definition) is 4. The van der Waals surface area contributed by atoms with Crippen LogP contribution in [0.3, 0.4) is 0 Å². The molecule has 4 nitrogen and oxygen atoms in total. The molecule has 0 aliphatic carbocycles. The van der Waals surface area contributed by atoms with Crippen LogP contribution in [-0.2, 0) is 15.5 Å². The molecule has 0 spiro atoms. The highest BCUT2D eigenvalue weighted by molar-refractivity contribution is 7.84. The number of furan rings is 1. The largest absolute Gasteiger partial charge is 0.457 e. The average molecular weight is 202 g/mol. The minimum Gasteiger partial charge on any atom is -0.457 e. The summed E-state index contributed by atoms with van der Waals surface area (Å²) in [5.74, 6) is -0.0403. The summed E-state index contributed by atoms with van der Waals surface area (Å²) in [6, 6.07) is 3.09. The molecule has 0 saturated heterocycles. The van der Waals surface area contributed by atoms with Gasteiger partial charge in [0.05, 0.1) is 17.1 Å². The number of ether oxygens (including phenoxy) is 1. The highest BCUT2D eigenvalue weighted by Crippen LogP contribution is 2.02. The van der Waals surface area contributed by atoms with E-state index in [2.05, 4.69) is 0 Å². The first-order chi connectivity index (χ1) is 6.24. The van der Waals surface area contributed by atoms with Crippen LogP contribution >= 0.6 is 0 Å². The van der Waals surface area contributed by atoms with Crippen LogP contribution in [0.25, 0.3) is 0 Å². The van der Waals surface area contributed by atoms with E-state index in [1.807, 2.05) is 0 Å². The fraction of sp³-hybridized carbons (Fsp3) is 0.375. The molecule has 1 aromatic rings. The Morgan fingerprint density at radius 3 is 3.00 bits per heavy atom. The summed E-state index contributed by atoms with van der Waals surface area (Å²) in [7, 11) is -1.09. The smallest absolute Gasteiger partial charge is 0.375 e. The maximum atomic E-state index is 11.1. The number of rotatable bonds is 4. The molecule has 0 aromatic carbocycles. The molecule has 0 bridgehead atoms. The Hall–Kier alpha value is -1.10. The first kappa shape index (κ1) is 9.98. The standard InChI is InChI=1S/C8H10O4S/c1-2-13(10)6-12-8(9)7-4-3-5-11-7/h3-5H,2,6H2,1H3. The normalized spacial score (nSPS) is 12.4.